The Bertz CT molecular complexity index is 692. The molecule has 25 heavy (non-hydrogen) atoms. The molecule has 1 aromatic rings. The molecule has 2 aliphatic heterocycles. The minimum atomic E-state index is -0.271. The summed E-state index contributed by atoms with van der Waals surface area (Å²) in [5, 5.41) is 0. The molecule has 0 bridgehead atoms. The molecule has 134 valence electrons. The highest BCUT2D eigenvalue weighted by Gasteiger charge is 2.45. The second-order valence-electron chi connectivity index (χ2n) is 7.49. The van der Waals surface area contributed by atoms with Crippen LogP contribution in [0.5, 0.6) is 5.75 Å². The highest BCUT2D eigenvalue weighted by atomic mass is 16.5. The first-order chi connectivity index (χ1) is 12.1. The van der Waals surface area contributed by atoms with Crippen LogP contribution in [0.4, 0.5) is 5.69 Å². The molecule has 0 aromatic heterocycles. The summed E-state index contributed by atoms with van der Waals surface area (Å²) < 4.78 is 5.36. The predicted octanol–water partition coefficient (Wildman–Crippen LogP) is 1.24. The summed E-state index contributed by atoms with van der Waals surface area (Å²) in [4.78, 5) is 29.1. The summed E-state index contributed by atoms with van der Waals surface area (Å²) in [6.07, 6.45) is 2.46. The fourth-order valence-corrected chi connectivity index (χ4v) is 4.70. The number of nitrogens with zero attached hydrogens (tertiary/aromatic N) is 2. The van der Waals surface area contributed by atoms with E-state index in [1.165, 1.54) is 0 Å². The van der Waals surface area contributed by atoms with Gasteiger partial charge in [0.15, 0.2) is 0 Å². The highest BCUT2D eigenvalue weighted by Crippen LogP contribution is 2.39. The van der Waals surface area contributed by atoms with Crippen molar-refractivity contribution >= 4 is 17.5 Å². The lowest BCUT2D eigenvalue weighted by atomic mass is 9.98. The van der Waals surface area contributed by atoms with E-state index in [0.717, 1.165) is 31.6 Å². The van der Waals surface area contributed by atoms with Crippen LogP contribution < -0.4 is 15.4 Å². The summed E-state index contributed by atoms with van der Waals surface area (Å²) in [7, 11) is 1.59. The monoisotopic (exact) mass is 343 g/mol. The van der Waals surface area contributed by atoms with E-state index in [9.17, 15) is 9.59 Å². The van der Waals surface area contributed by atoms with Gasteiger partial charge >= 0.3 is 0 Å². The molecule has 6 heteroatoms. The number of methoxy groups -OCH3 is 1. The SMILES string of the molecule is COc1ccccc1N1CC(C(=O)N2CC3CCC(N)C3C2)CC1=O. The average molecular weight is 343 g/mol. The van der Waals surface area contributed by atoms with Crippen molar-refractivity contribution in [3.05, 3.63) is 24.3 Å². The van der Waals surface area contributed by atoms with Gasteiger partial charge in [-0.25, -0.2) is 0 Å². The molecule has 1 aromatic carbocycles. The highest BCUT2D eigenvalue weighted by molar-refractivity contribution is 6.01. The van der Waals surface area contributed by atoms with Crippen LogP contribution in [-0.4, -0.2) is 49.5 Å². The smallest absolute Gasteiger partial charge is 0.228 e. The van der Waals surface area contributed by atoms with Crippen LogP contribution in [0.15, 0.2) is 24.3 Å². The number of rotatable bonds is 3. The molecule has 4 rings (SSSR count). The van der Waals surface area contributed by atoms with Crippen LogP contribution in [0.2, 0.25) is 0 Å². The Balaban J connectivity index is 1.46. The van der Waals surface area contributed by atoms with E-state index in [2.05, 4.69) is 0 Å². The summed E-state index contributed by atoms with van der Waals surface area (Å²) in [6, 6.07) is 7.67. The van der Waals surface area contributed by atoms with E-state index in [1.54, 1.807) is 12.0 Å². The first-order valence-corrected chi connectivity index (χ1v) is 9.06. The maximum atomic E-state index is 12.9. The summed E-state index contributed by atoms with van der Waals surface area (Å²) in [6.45, 7) is 1.98. The third kappa shape index (κ3) is 2.78. The minimum absolute atomic E-state index is 0.0149. The summed E-state index contributed by atoms with van der Waals surface area (Å²) in [5.74, 6) is 1.46. The van der Waals surface area contributed by atoms with Gasteiger partial charge in [0.05, 0.1) is 18.7 Å². The third-order valence-electron chi connectivity index (χ3n) is 6.07. The van der Waals surface area contributed by atoms with Gasteiger partial charge in [0, 0.05) is 32.1 Å². The van der Waals surface area contributed by atoms with Gasteiger partial charge in [-0.2, -0.15) is 0 Å². The Hall–Kier alpha value is -2.08. The summed E-state index contributed by atoms with van der Waals surface area (Å²) >= 11 is 0. The molecule has 3 aliphatic rings. The summed E-state index contributed by atoms with van der Waals surface area (Å²) in [5.41, 5.74) is 6.91. The molecule has 2 saturated heterocycles. The first kappa shape index (κ1) is 16.4. The standard InChI is InChI=1S/C19H25N3O3/c1-25-17-5-3-2-4-16(17)22-10-13(8-18(22)23)19(24)21-9-12-6-7-15(20)14(12)11-21/h2-5,12-15H,6-11,20H2,1H3. The van der Waals surface area contributed by atoms with E-state index < -0.39 is 0 Å². The molecule has 4 atom stereocenters. The van der Waals surface area contributed by atoms with Crippen molar-refractivity contribution in [2.45, 2.75) is 25.3 Å². The van der Waals surface area contributed by atoms with E-state index in [1.807, 2.05) is 29.2 Å². The molecular formula is C19H25N3O3. The maximum Gasteiger partial charge on any atom is 0.228 e. The molecule has 4 unspecified atom stereocenters. The van der Waals surface area contributed by atoms with Gasteiger partial charge in [0.1, 0.15) is 5.75 Å². The largest absolute Gasteiger partial charge is 0.495 e. The van der Waals surface area contributed by atoms with Crippen LogP contribution in [-0.2, 0) is 9.59 Å². The third-order valence-corrected chi connectivity index (χ3v) is 6.07. The number of hydrogen-bond acceptors (Lipinski definition) is 4. The molecule has 0 spiro atoms. The minimum Gasteiger partial charge on any atom is -0.495 e. The van der Waals surface area contributed by atoms with E-state index >= 15 is 0 Å². The topological polar surface area (TPSA) is 75.9 Å². The zero-order valence-corrected chi connectivity index (χ0v) is 14.6. The fourth-order valence-electron chi connectivity index (χ4n) is 4.70. The van der Waals surface area contributed by atoms with Gasteiger partial charge in [0.25, 0.3) is 0 Å². The van der Waals surface area contributed by atoms with E-state index in [0.29, 0.717) is 24.1 Å². The lowest BCUT2D eigenvalue weighted by molar-refractivity contribution is -0.135. The van der Waals surface area contributed by atoms with Crippen LogP contribution in [0.3, 0.4) is 0 Å². The van der Waals surface area contributed by atoms with Crippen molar-refractivity contribution in [2.75, 3.05) is 31.6 Å². The molecule has 2 heterocycles. The van der Waals surface area contributed by atoms with Crippen LogP contribution in [0.1, 0.15) is 19.3 Å². The Kier molecular flexibility index (Phi) is 4.15. The number of fused-ring (bicyclic) bond motifs is 1. The van der Waals surface area contributed by atoms with Gasteiger partial charge in [-0.1, -0.05) is 12.1 Å². The predicted molar refractivity (Wildman–Crippen MR) is 94.2 cm³/mol. The Morgan fingerprint density at radius 1 is 1.20 bits per heavy atom. The van der Waals surface area contributed by atoms with Crippen molar-refractivity contribution in [3.8, 4) is 5.75 Å². The number of hydrogen-bond donors (Lipinski definition) is 1. The van der Waals surface area contributed by atoms with E-state index in [4.69, 9.17) is 10.5 Å². The van der Waals surface area contributed by atoms with Crippen LogP contribution in [0, 0.1) is 17.8 Å². The van der Waals surface area contributed by atoms with Crippen molar-refractivity contribution < 1.29 is 14.3 Å². The number of likely N-dealkylation sites (tertiary alicyclic amines) is 1. The molecular weight excluding hydrogens is 318 g/mol. The number of carbonyl (C=O) groups excluding carboxylic acids is 2. The Morgan fingerprint density at radius 3 is 2.76 bits per heavy atom. The number of nitrogens with two attached hydrogens (primary N) is 1. The molecule has 0 radical (unpaired) electrons. The zero-order chi connectivity index (χ0) is 17.6. The molecule has 3 fully saturated rings. The lowest BCUT2D eigenvalue weighted by Crippen LogP contribution is -2.38. The van der Waals surface area contributed by atoms with Crippen molar-refractivity contribution in [1.29, 1.82) is 0 Å². The molecule has 6 nitrogen and oxygen atoms in total. The van der Waals surface area contributed by atoms with Gasteiger partial charge in [-0.15, -0.1) is 0 Å². The Labute approximate surface area is 147 Å². The van der Waals surface area contributed by atoms with Gasteiger partial charge < -0.3 is 20.3 Å². The normalized spacial score (nSPS) is 31.5. The second kappa shape index (κ2) is 6.33. The number of anilines is 1. The van der Waals surface area contributed by atoms with Gasteiger partial charge in [-0.3, -0.25) is 9.59 Å². The van der Waals surface area contributed by atoms with Crippen molar-refractivity contribution in [3.63, 3.8) is 0 Å². The second-order valence-corrected chi connectivity index (χ2v) is 7.49. The number of carbonyl (C=O) groups is 2. The number of ether oxygens (including phenoxy) is 1. The van der Waals surface area contributed by atoms with Crippen molar-refractivity contribution in [1.82, 2.24) is 4.90 Å². The van der Waals surface area contributed by atoms with Gasteiger partial charge in [-0.05, 0) is 36.8 Å². The number of para-hydroxylation sites is 2. The zero-order valence-electron chi connectivity index (χ0n) is 14.6. The molecule has 1 saturated carbocycles. The van der Waals surface area contributed by atoms with Crippen LogP contribution in [0.25, 0.3) is 0 Å². The molecule has 2 N–H and O–H groups in total. The first-order valence-electron chi connectivity index (χ1n) is 9.06. The average Bonchev–Trinajstić information content (AvgIpc) is 3.30. The number of benzene rings is 1. The maximum absolute atomic E-state index is 12.9. The molecule has 2 amide bonds. The quantitative estimate of drug-likeness (QED) is 0.896. The van der Waals surface area contributed by atoms with Crippen LogP contribution >= 0.6 is 0 Å². The van der Waals surface area contributed by atoms with E-state index in [-0.39, 0.29) is 30.2 Å². The number of amides is 2. The fraction of sp³-hybridized carbons (Fsp3) is 0.579. The Morgan fingerprint density at radius 2 is 2.00 bits per heavy atom. The molecule has 1 aliphatic carbocycles. The van der Waals surface area contributed by atoms with Crippen molar-refractivity contribution in [2.24, 2.45) is 23.5 Å². The lowest BCUT2D eigenvalue weighted by Gasteiger charge is -2.23. The van der Waals surface area contributed by atoms with Gasteiger partial charge in [0.2, 0.25) is 11.8 Å².